The van der Waals surface area contributed by atoms with Gasteiger partial charge < -0.3 is 5.11 Å². The molecule has 1 aliphatic rings. The van der Waals surface area contributed by atoms with Gasteiger partial charge in [0.1, 0.15) is 11.6 Å². The highest BCUT2D eigenvalue weighted by Gasteiger charge is 2.71. The van der Waals surface area contributed by atoms with E-state index >= 15 is 0 Å². The zero-order chi connectivity index (χ0) is 30.2. The quantitative estimate of drug-likeness (QED) is 0.310. The van der Waals surface area contributed by atoms with Gasteiger partial charge in [0, 0.05) is 18.4 Å². The Morgan fingerprint density at radius 2 is 1.51 bits per heavy atom. The lowest BCUT2D eigenvalue weighted by Crippen LogP contribution is -2.54. The van der Waals surface area contributed by atoms with Gasteiger partial charge in [0.2, 0.25) is 0 Å². The number of halogens is 7. The van der Waals surface area contributed by atoms with Crippen LogP contribution in [0.5, 0.6) is 0 Å². The summed E-state index contributed by atoms with van der Waals surface area (Å²) in [5.41, 5.74) is -6.28. The Morgan fingerprint density at radius 3 is 2.10 bits per heavy atom. The number of rotatable bonds is 8. The highest BCUT2D eigenvalue weighted by Crippen LogP contribution is 2.51. The number of Topliss-reactive ketones (excluding diaryl/α,β-unsaturated/α-hetero) is 1. The van der Waals surface area contributed by atoms with Gasteiger partial charge in [0.25, 0.3) is 15.6 Å². The minimum atomic E-state index is -6.12. The highest BCUT2D eigenvalue weighted by molar-refractivity contribution is 7.92. The van der Waals surface area contributed by atoms with Crippen LogP contribution in [0.4, 0.5) is 36.4 Å². The summed E-state index contributed by atoms with van der Waals surface area (Å²) in [7, 11) is -4.55. The van der Waals surface area contributed by atoms with E-state index in [1.165, 1.54) is 0 Å². The van der Waals surface area contributed by atoms with Crippen molar-refractivity contribution >= 4 is 21.5 Å². The third kappa shape index (κ3) is 5.96. The fourth-order valence-corrected chi connectivity index (χ4v) is 6.59. The molecule has 0 amide bonds. The van der Waals surface area contributed by atoms with E-state index in [0.717, 1.165) is 40.2 Å². The van der Waals surface area contributed by atoms with E-state index in [0.29, 0.717) is 18.6 Å². The molecular weight excluding hydrogens is 579 g/mol. The predicted molar refractivity (Wildman–Crippen MR) is 135 cm³/mol. The molecule has 0 bridgehead atoms. The van der Waals surface area contributed by atoms with Gasteiger partial charge in [-0.25, -0.2) is 12.8 Å². The number of ketones is 1. The molecule has 0 aromatic heterocycles. The summed E-state index contributed by atoms with van der Waals surface area (Å²) in [5, 5.41) is 9.85. The van der Waals surface area contributed by atoms with Crippen LogP contribution in [0.2, 0.25) is 0 Å². The lowest BCUT2D eigenvalue weighted by atomic mass is 9.87. The normalized spacial score (nSPS) is 16.4. The van der Waals surface area contributed by atoms with Crippen LogP contribution in [0.15, 0.2) is 77.7 Å². The van der Waals surface area contributed by atoms with Crippen molar-refractivity contribution in [3.8, 4) is 0 Å². The van der Waals surface area contributed by atoms with Crippen molar-refractivity contribution in [1.29, 1.82) is 0 Å². The predicted octanol–water partition coefficient (Wildman–Crippen LogP) is 6.24. The maximum atomic E-state index is 13.7. The number of nitrogens with zero attached hydrogens (tertiary/aromatic N) is 1. The second-order valence-corrected chi connectivity index (χ2v) is 11.5. The number of alkyl halides is 6. The van der Waals surface area contributed by atoms with Crippen LogP contribution in [0.3, 0.4) is 0 Å². The van der Waals surface area contributed by atoms with E-state index in [4.69, 9.17) is 0 Å². The number of benzene rings is 3. The van der Waals surface area contributed by atoms with Crippen molar-refractivity contribution in [3.05, 3.63) is 95.3 Å². The van der Waals surface area contributed by atoms with E-state index < -0.39 is 45.4 Å². The van der Waals surface area contributed by atoms with E-state index in [9.17, 15) is 49.1 Å². The Kier molecular flexibility index (Phi) is 8.25. The summed E-state index contributed by atoms with van der Waals surface area (Å²) in [6.45, 7) is 0. The molecule has 0 fully saturated rings. The van der Waals surface area contributed by atoms with E-state index in [-0.39, 0.29) is 47.6 Å². The fraction of sp³-hybridized carbons (Fsp3) is 0.321. The van der Waals surface area contributed by atoms with E-state index in [1.54, 1.807) is 18.2 Å². The zero-order valence-electron chi connectivity index (χ0n) is 21.2. The molecule has 13 heteroatoms. The molecule has 1 aliphatic heterocycles. The maximum absolute atomic E-state index is 13.7. The minimum Gasteiger partial charge on any atom is -0.369 e. The topological polar surface area (TPSA) is 74.7 Å². The number of aliphatic hydroxyl groups is 1. The van der Waals surface area contributed by atoms with Gasteiger partial charge >= 0.3 is 12.4 Å². The summed E-state index contributed by atoms with van der Waals surface area (Å²) in [4.78, 5) is 12.5. The average Bonchev–Trinajstić information content (AvgIpc) is 2.90. The number of sulfonamides is 1. The summed E-state index contributed by atoms with van der Waals surface area (Å²) >= 11 is 0. The summed E-state index contributed by atoms with van der Waals surface area (Å²) < 4.78 is 123. The summed E-state index contributed by atoms with van der Waals surface area (Å²) in [6, 6.07) is 13.3. The third-order valence-electron chi connectivity index (χ3n) is 7.00. The van der Waals surface area contributed by atoms with Crippen LogP contribution in [0.25, 0.3) is 0 Å². The molecule has 0 saturated heterocycles. The van der Waals surface area contributed by atoms with Crippen LogP contribution in [-0.2, 0) is 33.3 Å². The summed E-state index contributed by atoms with van der Waals surface area (Å²) in [6.07, 6.45) is -12.3. The van der Waals surface area contributed by atoms with E-state index in [1.807, 2.05) is 12.1 Å². The van der Waals surface area contributed by atoms with Gasteiger partial charge in [0.05, 0.1) is 16.6 Å². The van der Waals surface area contributed by atoms with Crippen LogP contribution in [0.1, 0.15) is 36.0 Å². The molecule has 4 rings (SSSR count). The fourth-order valence-electron chi connectivity index (χ4n) is 4.87. The number of hydrogen-bond acceptors (Lipinski definition) is 4. The Morgan fingerprint density at radius 1 is 0.902 bits per heavy atom. The molecule has 3 aromatic rings. The molecule has 1 atom stereocenters. The standard InChI is InChI=1S/C28H24F7NO4S/c29-21-9-13-24(14-10-21)41(39,40)36-22(17-23(37)12-6-18-4-2-1-3-5-18)11-7-19-16-20(8-15-25(19)36)26(38,27(30,31)32)28(33,34)35/h1-5,8-10,13-16,22,38H,6-7,11-12,17H2/t22-/m0/s1. The molecule has 5 nitrogen and oxygen atoms in total. The molecule has 0 saturated carbocycles. The highest BCUT2D eigenvalue weighted by atomic mass is 32.2. The van der Waals surface area contributed by atoms with Gasteiger partial charge in [-0.15, -0.1) is 0 Å². The third-order valence-corrected chi connectivity index (χ3v) is 8.88. The second-order valence-electron chi connectivity index (χ2n) is 9.73. The largest absolute Gasteiger partial charge is 0.430 e. The van der Waals surface area contributed by atoms with Crippen molar-refractivity contribution in [2.75, 3.05) is 4.31 Å². The van der Waals surface area contributed by atoms with Crippen LogP contribution >= 0.6 is 0 Å². The Hall–Kier alpha value is -3.45. The first-order valence-corrected chi connectivity index (χ1v) is 13.8. The lowest BCUT2D eigenvalue weighted by Gasteiger charge is -2.39. The van der Waals surface area contributed by atoms with Gasteiger partial charge in [-0.05, 0) is 60.7 Å². The second kappa shape index (κ2) is 11.1. The Labute approximate surface area is 231 Å². The number of carbonyl (C=O) groups excluding carboxylic acids is 1. The van der Waals surface area contributed by atoms with E-state index in [2.05, 4.69) is 0 Å². The lowest BCUT2D eigenvalue weighted by molar-refractivity contribution is -0.376. The van der Waals surface area contributed by atoms with Crippen LogP contribution in [0, 0.1) is 5.82 Å². The van der Waals surface area contributed by atoms with Crippen molar-refractivity contribution in [2.24, 2.45) is 0 Å². The van der Waals surface area contributed by atoms with Gasteiger partial charge in [-0.2, -0.15) is 26.3 Å². The molecule has 1 N–H and O–H groups in total. The van der Waals surface area contributed by atoms with Crippen molar-refractivity contribution in [3.63, 3.8) is 0 Å². The first-order valence-electron chi connectivity index (χ1n) is 12.4. The maximum Gasteiger partial charge on any atom is 0.430 e. The van der Waals surface area contributed by atoms with Gasteiger partial charge in [0.15, 0.2) is 0 Å². The first kappa shape index (κ1) is 30.5. The number of carbonyl (C=O) groups is 1. The zero-order valence-corrected chi connectivity index (χ0v) is 22.0. The first-order chi connectivity index (χ1) is 19.1. The van der Waals surface area contributed by atoms with Gasteiger partial charge in [-0.3, -0.25) is 9.10 Å². The van der Waals surface area contributed by atoms with Crippen molar-refractivity contribution in [1.82, 2.24) is 0 Å². The monoisotopic (exact) mass is 603 g/mol. The van der Waals surface area contributed by atoms with Crippen molar-refractivity contribution in [2.45, 2.75) is 61.0 Å². The number of fused-ring (bicyclic) bond motifs is 1. The molecule has 0 aliphatic carbocycles. The van der Waals surface area contributed by atoms with Crippen molar-refractivity contribution < 1.29 is 49.1 Å². The molecule has 0 unspecified atom stereocenters. The van der Waals surface area contributed by atoms with Crippen LogP contribution < -0.4 is 4.31 Å². The molecule has 41 heavy (non-hydrogen) atoms. The smallest absolute Gasteiger partial charge is 0.369 e. The average molecular weight is 604 g/mol. The molecule has 220 valence electrons. The van der Waals surface area contributed by atoms with Gasteiger partial charge in [-0.1, -0.05) is 42.5 Å². The molecule has 1 heterocycles. The summed E-state index contributed by atoms with van der Waals surface area (Å²) in [5.74, 6) is -1.04. The number of anilines is 1. The Balaban J connectivity index is 1.74. The minimum absolute atomic E-state index is 0.0704. The Bertz CT molecular complexity index is 1490. The van der Waals surface area contributed by atoms with Crippen LogP contribution in [-0.4, -0.2) is 37.7 Å². The molecular formula is C28H24F7NO4S. The number of aryl methyl sites for hydroxylation is 2. The molecule has 0 spiro atoms. The SMILES string of the molecule is O=C(CCc1ccccc1)C[C@@H]1CCc2cc(C(O)(C(F)(F)F)C(F)(F)F)ccc2N1S(=O)(=O)c1ccc(F)cc1. The molecule has 3 aromatic carbocycles. The number of hydrogen-bond donors (Lipinski definition) is 1. The molecule has 0 radical (unpaired) electrons.